The number of carboxylic acid groups (broad SMARTS) is 4. The maximum atomic E-state index is 9.43. The number of amides is 4. The molecule has 0 saturated heterocycles. The Morgan fingerprint density at radius 3 is 0.800 bits per heavy atom. The molecule has 0 aliphatic heterocycles. The summed E-state index contributed by atoms with van der Waals surface area (Å²) in [5, 5.41) is 35.6. The van der Waals surface area contributed by atoms with Crippen LogP contribution in [-0.2, 0) is 77.3 Å². The van der Waals surface area contributed by atoms with E-state index < -0.39 is 23.9 Å². The average molecular weight is 1030 g/mol. The predicted molar refractivity (Wildman–Crippen MR) is 203 cm³/mol. The van der Waals surface area contributed by atoms with Gasteiger partial charge in [0.25, 0.3) is 0 Å². The van der Waals surface area contributed by atoms with Crippen LogP contribution in [0.4, 0.5) is 23.5 Å². The van der Waals surface area contributed by atoms with Crippen LogP contribution >= 0.6 is 0 Å². The normalized spacial score (nSPS) is 7.80. The minimum absolute atomic E-state index is 0. The SMILES string of the molecule is CC(=O)[O-].CC(=O)[O-].CC(=O)[O-].CC(=O)[O-].CN(C)C=O.CN(C)C=O.CN(C)C=O.CN(C)C=O.Nc1nc(N)c2nc[nH]c2n1.Nc1nc(N)c2nc[nH]c2n1.[Rh+2].[Rh+2]. The summed E-state index contributed by atoms with van der Waals surface area (Å²) in [5.74, 6) is -3.43. The molecule has 4 aromatic rings. The topological polar surface area (TPSA) is 455 Å². The second-order valence-electron chi connectivity index (χ2n) is 10.4. The summed E-state index contributed by atoms with van der Waals surface area (Å²) >= 11 is 0. The van der Waals surface area contributed by atoms with Gasteiger partial charge in [-0.1, -0.05) is 0 Å². The zero-order chi connectivity index (χ0) is 47.1. The zero-order valence-electron chi connectivity index (χ0n) is 34.8. The Kier molecular flexibility index (Phi) is 53.3. The Morgan fingerprint density at radius 1 is 0.483 bits per heavy atom. The summed E-state index contributed by atoms with van der Waals surface area (Å²) in [4.78, 5) is 108. The van der Waals surface area contributed by atoms with Crippen molar-refractivity contribution in [2.24, 2.45) is 0 Å². The van der Waals surface area contributed by atoms with Crippen LogP contribution in [0.3, 0.4) is 0 Å². The second kappa shape index (κ2) is 45.0. The molecule has 0 spiro atoms. The van der Waals surface area contributed by atoms with Gasteiger partial charge in [-0.2, -0.15) is 19.9 Å². The number of hydrogen-bond acceptors (Lipinski definition) is 22. The van der Waals surface area contributed by atoms with E-state index in [9.17, 15) is 19.2 Å². The van der Waals surface area contributed by atoms with E-state index in [1.807, 2.05) is 0 Å². The Bertz CT molecular complexity index is 1570. The molecule has 0 aromatic carbocycles. The van der Waals surface area contributed by atoms with Crippen molar-refractivity contribution < 1.29 is 97.7 Å². The molecule has 60 heavy (non-hydrogen) atoms. The van der Waals surface area contributed by atoms with Crippen LogP contribution in [0.5, 0.6) is 0 Å². The maximum absolute atomic E-state index is 9.43. The van der Waals surface area contributed by atoms with Gasteiger partial charge in [-0.15, -0.1) is 0 Å². The zero-order valence-corrected chi connectivity index (χ0v) is 38.1. The van der Waals surface area contributed by atoms with E-state index >= 15 is 0 Å². The number of hydrogen-bond donors (Lipinski definition) is 6. The van der Waals surface area contributed by atoms with Crippen molar-refractivity contribution >= 4 is 95.4 Å². The summed E-state index contributed by atoms with van der Waals surface area (Å²) in [7, 11) is 13.5. The average Bonchev–Trinajstić information content (AvgIpc) is 3.75. The van der Waals surface area contributed by atoms with Gasteiger partial charge in [0.2, 0.25) is 37.5 Å². The number of aromatic amines is 2. The van der Waals surface area contributed by atoms with Crippen molar-refractivity contribution in [2.45, 2.75) is 27.7 Å². The molecule has 4 amide bonds. The molecule has 10 N–H and O–H groups in total. The number of aliphatic carboxylic acids is 4. The molecule has 0 aliphatic rings. The number of rotatable bonds is 4. The van der Waals surface area contributed by atoms with Crippen LogP contribution in [0.1, 0.15) is 27.7 Å². The third-order valence-electron chi connectivity index (χ3n) is 3.49. The van der Waals surface area contributed by atoms with Crippen molar-refractivity contribution in [3.05, 3.63) is 12.7 Å². The fraction of sp³-hybridized carbons (Fsp3) is 0.400. The van der Waals surface area contributed by atoms with Crippen molar-refractivity contribution in [2.75, 3.05) is 79.3 Å². The Morgan fingerprint density at radius 2 is 0.650 bits per heavy atom. The number of aromatic nitrogens is 8. The maximum Gasteiger partial charge on any atom is 2.00 e. The number of fused-ring (bicyclic) bond motifs is 2. The summed E-state index contributed by atoms with van der Waals surface area (Å²) in [5.41, 5.74) is 23.9. The van der Waals surface area contributed by atoms with Gasteiger partial charge in [0, 0.05) is 80.3 Å². The first-order valence-electron chi connectivity index (χ1n) is 15.2. The number of anilines is 4. The minimum Gasteiger partial charge on any atom is -0.550 e. The van der Waals surface area contributed by atoms with Gasteiger partial charge in [0.1, 0.15) is 11.0 Å². The van der Waals surface area contributed by atoms with E-state index in [-0.39, 0.29) is 50.9 Å². The molecule has 30 heteroatoms. The third-order valence-corrected chi connectivity index (χ3v) is 3.49. The molecule has 0 atom stereocenters. The van der Waals surface area contributed by atoms with Gasteiger partial charge in [-0.05, 0) is 27.7 Å². The van der Waals surface area contributed by atoms with Gasteiger partial charge >= 0.3 is 39.0 Å². The van der Waals surface area contributed by atoms with E-state index in [1.165, 1.54) is 32.3 Å². The fourth-order valence-corrected chi connectivity index (χ4v) is 1.75. The molecule has 4 rings (SSSR count). The van der Waals surface area contributed by atoms with Gasteiger partial charge in [0.15, 0.2) is 22.9 Å². The monoisotopic (exact) mass is 1030 g/mol. The van der Waals surface area contributed by atoms with Gasteiger partial charge in [0.05, 0.1) is 12.7 Å². The first kappa shape index (κ1) is 71.1. The van der Waals surface area contributed by atoms with E-state index in [1.54, 1.807) is 56.4 Å². The Labute approximate surface area is 371 Å². The molecule has 28 nitrogen and oxygen atoms in total. The number of carbonyl (C=O) groups excluding carboxylic acids is 8. The number of nitrogens with one attached hydrogen (secondary N) is 2. The van der Waals surface area contributed by atoms with E-state index in [4.69, 9.17) is 62.5 Å². The smallest absolute Gasteiger partial charge is 0.550 e. The first-order chi connectivity index (χ1) is 26.6. The van der Waals surface area contributed by atoms with Gasteiger partial charge < -0.3 is 92.1 Å². The number of H-pyrrole nitrogens is 2. The molecule has 4 aromatic heterocycles. The molecule has 0 unspecified atom stereocenters. The molecule has 4 heterocycles. The Balaban J connectivity index is -0.0000000862. The van der Waals surface area contributed by atoms with E-state index in [2.05, 4.69) is 39.9 Å². The first-order valence-corrected chi connectivity index (χ1v) is 15.2. The van der Waals surface area contributed by atoms with Crippen LogP contribution in [0.15, 0.2) is 12.7 Å². The standard InChI is InChI=1S/2C5H6N6.4C3H7NO.4C2H4O2.2Rh/c2*6-3-2-4(9-1-8-2)11-5(7)10-3;4*1-4(2)3-5;4*1-2(3)4;;/h2*1H,(H5,6,7,8,9,10,11);4*3H,1-2H3;4*1H3,(H,3,4);;/q;;;;;;;;;;2*+2/p-4. The number of nitrogen functional groups attached to an aromatic ring is 4. The third kappa shape index (κ3) is 63.3. The van der Waals surface area contributed by atoms with Crippen molar-refractivity contribution in [3.8, 4) is 0 Å². The van der Waals surface area contributed by atoms with Crippen LogP contribution in [0.25, 0.3) is 22.3 Å². The van der Waals surface area contributed by atoms with E-state index in [0.717, 1.165) is 53.3 Å². The molecule has 0 saturated carbocycles. The quantitative estimate of drug-likeness (QED) is 0.0817. The van der Waals surface area contributed by atoms with Gasteiger partial charge in [-0.25, -0.2) is 9.97 Å². The van der Waals surface area contributed by atoms with Crippen molar-refractivity contribution in [1.82, 2.24) is 59.5 Å². The molecule has 0 bridgehead atoms. The second-order valence-corrected chi connectivity index (χ2v) is 10.4. The van der Waals surface area contributed by atoms with Crippen LogP contribution in [0, 0.1) is 0 Å². The number of imidazole rings is 2. The number of nitrogens with two attached hydrogens (primary N) is 4. The van der Waals surface area contributed by atoms with Crippen molar-refractivity contribution in [1.29, 1.82) is 0 Å². The summed E-state index contributed by atoms with van der Waals surface area (Å²) in [6, 6.07) is 0. The minimum atomic E-state index is -1.08. The molecular formula is C30H52N16O12Rh2. The number of nitrogens with zero attached hydrogens (tertiary/aromatic N) is 10. The number of carboxylic acids is 4. The Hall–Kier alpha value is -6.69. The summed E-state index contributed by atoms with van der Waals surface area (Å²) in [6.07, 6.45) is 5.99. The molecule has 0 aliphatic carbocycles. The van der Waals surface area contributed by atoms with Crippen LogP contribution in [0.2, 0.25) is 0 Å². The predicted octanol–water partition coefficient (Wildman–Crippen LogP) is -7.13. The number of carbonyl (C=O) groups is 8. The van der Waals surface area contributed by atoms with Crippen LogP contribution in [-0.4, -0.2) is 165 Å². The molecule has 342 valence electrons. The summed E-state index contributed by atoms with van der Waals surface area (Å²) in [6.45, 7) is 3.89. The molecule has 2 radical (unpaired) electrons. The molecular weight excluding hydrogens is 982 g/mol. The van der Waals surface area contributed by atoms with Crippen molar-refractivity contribution in [3.63, 3.8) is 0 Å². The van der Waals surface area contributed by atoms with Crippen LogP contribution < -0.4 is 43.4 Å². The van der Waals surface area contributed by atoms with E-state index in [0.29, 0.717) is 34.0 Å². The fourth-order valence-electron chi connectivity index (χ4n) is 1.75. The van der Waals surface area contributed by atoms with Gasteiger partial charge in [-0.3, -0.25) is 19.2 Å². The molecule has 0 fully saturated rings. The largest absolute Gasteiger partial charge is 2.00 e. The summed E-state index contributed by atoms with van der Waals surface area (Å²) < 4.78 is 0.